The van der Waals surface area contributed by atoms with Gasteiger partial charge in [0.15, 0.2) is 0 Å². The van der Waals surface area contributed by atoms with Crippen LogP contribution in [0.15, 0.2) is 42.7 Å². The first-order chi connectivity index (χ1) is 18.5. The molecule has 1 atom stereocenters. The van der Waals surface area contributed by atoms with Gasteiger partial charge in [-0.1, -0.05) is 30.3 Å². The van der Waals surface area contributed by atoms with Crippen LogP contribution in [0.5, 0.6) is 0 Å². The van der Waals surface area contributed by atoms with Crippen LogP contribution in [0, 0.1) is 0 Å². The molecular formula is C27H34N8O3. The first-order valence-electron chi connectivity index (χ1n) is 13.1. The van der Waals surface area contributed by atoms with Crippen LogP contribution in [-0.2, 0) is 17.8 Å². The molecule has 4 heterocycles. The molecule has 2 amide bonds. The number of carbonyl (C=O) groups is 2. The molecule has 11 nitrogen and oxygen atoms in total. The summed E-state index contributed by atoms with van der Waals surface area (Å²) in [5.41, 5.74) is 4.56. The van der Waals surface area contributed by atoms with Gasteiger partial charge in [-0.2, -0.15) is 5.10 Å². The van der Waals surface area contributed by atoms with Crippen LogP contribution in [0.4, 0.5) is 5.82 Å². The number of aromatic amines is 1. The fraction of sp³-hybridized carbons (Fsp3) is 0.444. The molecule has 4 N–H and O–H groups in total. The molecule has 0 bridgehead atoms. The molecule has 2 aromatic heterocycles. The number of hydrogen-bond donors (Lipinski definition) is 4. The SMILES string of the molecule is CC(=O)N1CCC(Nc2cc(C(=O)NC[C@H](O)CN3CCc4[nH]nc(-c5ccccc5)c4C3)ncn2)CC1. The highest BCUT2D eigenvalue weighted by molar-refractivity contribution is 5.92. The maximum Gasteiger partial charge on any atom is 0.270 e. The summed E-state index contributed by atoms with van der Waals surface area (Å²) in [5.74, 6) is 0.309. The van der Waals surface area contributed by atoms with Crippen molar-refractivity contribution in [2.45, 2.75) is 44.9 Å². The van der Waals surface area contributed by atoms with E-state index in [0.717, 1.165) is 48.3 Å². The van der Waals surface area contributed by atoms with E-state index in [4.69, 9.17) is 0 Å². The van der Waals surface area contributed by atoms with Crippen LogP contribution >= 0.6 is 0 Å². The summed E-state index contributed by atoms with van der Waals surface area (Å²) in [5, 5.41) is 24.5. The van der Waals surface area contributed by atoms with Crippen LogP contribution in [0.3, 0.4) is 0 Å². The number of carbonyl (C=O) groups excluding carboxylic acids is 2. The van der Waals surface area contributed by atoms with Crippen molar-refractivity contribution in [3.63, 3.8) is 0 Å². The maximum absolute atomic E-state index is 12.7. The number of amides is 2. The first-order valence-corrected chi connectivity index (χ1v) is 13.1. The summed E-state index contributed by atoms with van der Waals surface area (Å²) in [7, 11) is 0. The average Bonchev–Trinajstić information content (AvgIpc) is 3.36. The van der Waals surface area contributed by atoms with Crippen molar-refractivity contribution in [2.75, 3.05) is 38.0 Å². The number of aliphatic hydroxyl groups is 1. The molecular weight excluding hydrogens is 484 g/mol. The van der Waals surface area contributed by atoms with Gasteiger partial charge in [0.05, 0.1) is 11.8 Å². The van der Waals surface area contributed by atoms with Crippen molar-refractivity contribution in [2.24, 2.45) is 0 Å². The highest BCUT2D eigenvalue weighted by Gasteiger charge is 2.25. The van der Waals surface area contributed by atoms with E-state index in [9.17, 15) is 14.7 Å². The molecule has 5 rings (SSSR count). The molecule has 200 valence electrons. The van der Waals surface area contributed by atoms with E-state index in [1.165, 1.54) is 6.33 Å². The summed E-state index contributed by atoms with van der Waals surface area (Å²) >= 11 is 0. The van der Waals surface area contributed by atoms with Crippen LogP contribution in [0.2, 0.25) is 0 Å². The summed E-state index contributed by atoms with van der Waals surface area (Å²) in [6.45, 7) is 5.05. The fourth-order valence-corrected chi connectivity index (χ4v) is 5.11. The lowest BCUT2D eigenvalue weighted by Gasteiger charge is -2.31. The molecule has 1 saturated heterocycles. The molecule has 1 fully saturated rings. The van der Waals surface area contributed by atoms with Gasteiger partial charge in [-0.3, -0.25) is 19.6 Å². The minimum Gasteiger partial charge on any atom is -0.390 e. The number of aromatic nitrogens is 4. The molecule has 11 heteroatoms. The predicted octanol–water partition coefficient (Wildman–Crippen LogP) is 1.44. The smallest absolute Gasteiger partial charge is 0.270 e. The van der Waals surface area contributed by atoms with Crippen molar-refractivity contribution < 1.29 is 14.7 Å². The zero-order chi connectivity index (χ0) is 26.5. The predicted molar refractivity (Wildman–Crippen MR) is 142 cm³/mol. The number of rotatable bonds is 8. The number of anilines is 1. The Kier molecular flexibility index (Phi) is 7.94. The lowest BCUT2D eigenvalue weighted by Crippen LogP contribution is -2.42. The Morgan fingerprint density at radius 3 is 2.71 bits per heavy atom. The Bertz CT molecular complexity index is 1260. The lowest BCUT2D eigenvalue weighted by atomic mass is 10.0. The molecule has 2 aliphatic rings. The molecule has 0 aliphatic carbocycles. The van der Waals surface area contributed by atoms with Gasteiger partial charge in [-0.15, -0.1) is 0 Å². The van der Waals surface area contributed by atoms with Gasteiger partial charge in [0.2, 0.25) is 5.91 Å². The number of β-amino-alcohol motifs (C(OH)–C–C–N with tert-alkyl or cyclic N) is 1. The molecule has 0 radical (unpaired) electrons. The van der Waals surface area contributed by atoms with E-state index in [1.807, 2.05) is 35.2 Å². The zero-order valence-electron chi connectivity index (χ0n) is 21.6. The Morgan fingerprint density at radius 1 is 1.16 bits per heavy atom. The van der Waals surface area contributed by atoms with E-state index < -0.39 is 6.10 Å². The Balaban J connectivity index is 1.10. The second-order valence-corrected chi connectivity index (χ2v) is 9.96. The van der Waals surface area contributed by atoms with Crippen molar-refractivity contribution >= 4 is 17.6 Å². The second kappa shape index (κ2) is 11.7. The highest BCUT2D eigenvalue weighted by atomic mass is 16.3. The van der Waals surface area contributed by atoms with Crippen LogP contribution in [0.25, 0.3) is 11.3 Å². The minimum atomic E-state index is -0.724. The zero-order valence-corrected chi connectivity index (χ0v) is 21.6. The van der Waals surface area contributed by atoms with Gasteiger partial charge in [-0.25, -0.2) is 9.97 Å². The van der Waals surface area contributed by atoms with Crippen LogP contribution in [-0.4, -0.2) is 91.8 Å². The van der Waals surface area contributed by atoms with E-state index in [2.05, 4.69) is 35.7 Å². The van der Waals surface area contributed by atoms with Crippen LogP contribution < -0.4 is 10.6 Å². The number of fused-ring (bicyclic) bond motifs is 1. The highest BCUT2D eigenvalue weighted by Crippen LogP contribution is 2.28. The van der Waals surface area contributed by atoms with Gasteiger partial charge < -0.3 is 20.6 Å². The number of H-pyrrole nitrogens is 1. The van der Waals surface area contributed by atoms with Gasteiger partial charge in [0.1, 0.15) is 17.8 Å². The molecule has 38 heavy (non-hydrogen) atoms. The number of likely N-dealkylation sites (tertiary alicyclic amines) is 1. The third kappa shape index (κ3) is 6.17. The maximum atomic E-state index is 12.7. The standard InChI is InChI=1S/C27H34N8O3/c1-18(36)35-11-7-20(8-12-35)31-25-13-24(29-17-30-25)27(38)28-14-21(37)15-34-10-9-23-22(16-34)26(33-32-23)19-5-3-2-4-6-19/h2-6,13,17,20-21,37H,7-12,14-16H2,1H3,(H,28,38)(H,32,33)(H,29,30,31)/t21-/m0/s1. The monoisotopic (exact) mass is 518 g/mol. The summed E-state index contributed by atoms with van der Waals surface area (Å²) in [6, 6.07) is 11.9. The lowest BCUT2D eigenvalue weighted by molar-refractivity contribution is -0.129. The molecule has 3 aromatic rings. The number of nitrogens with one attached hydrogen (secondary N) is 3. The third-order valence-electron chi connectivity index (χ3n) is 7.22. The Labute approximate surface area is 221 Å². The first kappa shape index (κ1) is 25.8. The third-order valence-corrected chi connectivity index (χ3v) is 7.22. The summed E-state index contributed by atoms with van der Waals surface area (Å²) < 4.78 is 0. The minimum absolute atomic E-state index is 0.0927. The normalized spacial score (nSPS) is 17.1. The van der Waals surface area contributed by atoms with Gasteiger partial charge in [-0.05, 0) is 12.8 Å². The van der Waals surface area contributed by atoms with Crippen LogP contribution in [0.1, 0.15) is 41.5 Å². The number of aliphatic hydroxyl groups excluding tert-OH is 1. The Hall–Kier alpha value is -3.83. The molecule has 0 spiro atoms. The average molecular weight is 519 g/mol. The van der Waals surface area contributed by atoms with Gasteiger partial charge in [0, 0.05) is 81.5 Å². The van der Waals surface area contributed by atoms with Crippen molar-refractivity contribution in [3.8, 4) is 11.3 Å². The summed E-state index contributed by atoms with van der Waals surface area (Å²) in [4.78, 5) is 36.6. The van der Waals surface area contributed by atoms with Gasteiger partial charge in [0.25, 0.3) is 5.91 Å². The number of benzene rings is 1. The molecule has 0 unspecified atom stereocenters. The van der Waals surface area contributed by atoms with E-state index in [0.29, 0.717) is 32.0 Å². The molecule has 0 saturated carbocycles. The van der Waals surface area contributed by atoms with Gasteiger partial charge >= 0.3 is 0 Å². The molecule has 1 aromatic carbocycles. The Morgan fingerprint density at radius 2 is 1.95 bits per heavy atom. The largest absolute Gasteiger partial charge is 0.390 e. The fourth-order valence-electron chi connectivity index (χ4n) is 5.11. The number of hydrogen-bond acceptors (Lipinski definition) is 8. The number of nitrogens with zero attached hydrogens (tertiary/aromatic N) is 5. The van der Waals surface area contributed by atoms with Crippen molar-refractivity contribution in [1.82, 2.24) is 35.3 Å². The van der Waals surface area contributed by atoms with E-state index >= 15 is 0 Å². The van der Waals surface area contributed by atoms with E-state index in [1.54, 1.807) is 13.0 Å². The second-order valence-electron chi connectivity index (χ2n) is 9.96. The quantitative estimate of drug-likeness (QED) is 0.351. The number of piperidine rings is 1. The summed E-state index contributed by atoms with van der Waals surface area (Å²) in [6.07, 6.45) is 3.11. The van der Waals surface area contributed by atoms with Crippen molar-refractivity contribution in [1.29, 1.82) is 0 Å². The van der Waals surface area contributed by atoms with E-state index in [-0.39, 0.29) is 30.1 Å². The topological polar surface area (TPSA) is 139 Å². The van der Waals surface area contributed by atoms with Crippen molar-refractivity contribution in [3.05, 3.63) is 59.7 Å². The molecule has 2 aliphatic heterocycles.